The Kier molecular flexibility index (Phi) is 5.40. The third kappa shape index (κ3) is 4.62. The lowest BCUT2D eigenvalue weighted by Crippen LogP contribution is -2.44. The summed E-state index contributed by atoms with van der Waals surface area (Å²) in [4.78, 5) is 12.1. The van der Waals surface area contributed by atoms with E-state index in [1.54, 1.807) is 0 Å². The maximum absolute atomic E-state index is 12.1. The van der Waals surface area contributed by atoms with Crippen LogP contribution in [-0.4, -0.2) is 25.0 Å². The van der Waals surface area contributed by atoms with Crippen molar-refractivity contribution in [2.75, 3.05) is 13.1 Å². The van der Waals surface area contributed by atoms with Crippen LogP contribution in [0.1, 0.15) is 25.3 Å². The summed E-state index contributed by atoms with van der Waals surface area (Å²) < 4.78 is 1.08. The van der Waals surface area contributed by atoms with Crippen molar-refractivity contribution in [3.05, 3.63) is 34.3 Å². The fraction of sp³-hybridized carbons (Fsp3) is 0.533. The van der Waals surface area contributed by atoms with E-state index in [2.05, 4.69) is 45.6 Å². The van der Waals surface area contributed by atoms with Gasteiger partial charge in [0.05, 0.1) is 5.92 Å². The number of amides is 1. The predicted octanol–water partition coefficient (Wildman–Crippen LogP) is 2.50. The molecule has 3 nitrogen and oxygen atoms in total. The second-order valence-electron chi connectivity index (χ2n) is 5.28. The van der Waals surface area contributed by atoms with Crippen molar-refractivity contribution in [1.29, 1.82) is 0 Å². The molecule has 1 heterocycles. The molecule has 1 fully saturated rings. The second kappa shape index (κ2) is 7.06. The highest BCUT2D eigenvalue weighted by Gasteiger charge is 2.21. The molecule has 1 aliphatic rings. The summed E-state index contributed by atoms with van der Waals surface area (Å²) in [6, 6.07) is 8.43. The van der Waals surface area contributed by atoms with Gasteiger partial charge in [-0.3, -0.25) is 4.79 Å². The minimum absolute atomic E-state index is 0.140. The average Bonchev–Trinajstić information content (AvgIpc) is 2.42. The van der Waals surface area contributed by atoms with E-state index in [0.717, 1.165) is 36.8 Å². The van der Waals surface area contributed by atoms with Gasteiger partial charge in [0.2, 0.25) is 5.91 Å². The molecule has 0 spiro atoms. The van der Waals surface area contributed by atoms with Gasteiger partial charge in [0, 0.05) is 17.1 Å². The molecule has 1 aromatic carbocycles. The van der Waals surface area contributed by atoms with Gasteiger partial charge in [-0.25, -0.2) is 0 Å². The van der Waals surface area contributed by atoms with Crippen LogP contribution < -0.4 is 10.6 Å². The Labute approximate surface area is 123 Å². The molecule has 0 bridgehead atoms. The van der Waals surface area contributed by atoms with Gasteiger partial charge >= 0.3 is 0 Å². The first-order valence-corrected chi connectivity index (χ1v) is 7.70. The zero-order valence-corrected chi connectivity index (χ0v) is 12.9. The lowest BCUT2D eigenvalue weighted by Gasteiger charge is -2.24. The summed E-state index contributed by atoms with van der Waals surface area (Å²) >= 11 is 3.43. The van der Waals surface area contributed by atoms with Crippen LogP contribution in [0.4, 0.5) is 0 Å². The average molecular weight is 325 g/mol. The van der Waals surface area contributed by atoms with Crippen LogP contribution in [0.5, 0.6) is 0 Å². The van der Waals surface area contributed by atoms with Gasteiger partial charge < -0.3 is 10.6 Å². The predicted molar refractivity (Wildman–Crippen MR) is 81.0 cm³/mol. The van der Waals surface area contributed by atoms with E-state index in [1.807, 2.05) is 12.1 Å². The number of carbonyl (C=O) groups is 1. The molecular formula is C15H21BrN2O. The first kappa shape index (κ1) is 14.5. The number of hydrogen-bond acceptors (Lipinski definition) is 2. The molecule has 1 amide bonds. The Morgan fingerprint density at radius 3 is 2.84 bits per heavy atom. The number of halogens is 1. The summed E-state index contributed by atoms with van der Waals surface area (Å²) in [6.07, 6.45) is 2.97. The molecule has 2 rings (SSSR count). The van der Waals surface area contributed by atoms with E-state index in [0.29, 0.717) is 0 Å². The van der Waals surface area contributed by atoms with Crippen molar-refractivity contribution in [2.45, 2.75) is 32.2 Å². The highest BCUT2D eigenvalue weighted by molar-refractivity contribution is 9.10. The van der Waals surface area contributed by atoms with Crippen molar-refractivity contribution < 1.29 is 4.79 Å². The summed E-state index contributed by atoms with van der Waals surface area (Å²) in [7, 11) is 0. The van der Waals surface area contributed by atoms with E-state index >= 15 is 0 Å². The maximum atomic E-state index is 12.1. The Balaban J connectivity index is 1.81. The first-order chi connectivity index (χ1) is 9.15. The highest BCUT2D eigenvalue weighted by Crippen LogP contribution is 2.13. The molecular weight excluding hydrogens is 304 g/mol. The van der Waals surface area contributed by atoms with Crippen LogP contribution in [0.15, 0.2) is 28.7 Å². The maximum Gasteiger partial charge on any atom is 0.224 e. The molecule has 0 saturated carbocycles. The van der Waals surface area contributed by atoms with E-state index < -0.39 is 0 Å². The van der Waals surface area contributed by atoms with Crippen LogP contribution in [0.3, 0.4) is 0 Å². The molecule has 104 valence electrons. The van der Waals surface area contributed by atoms with Crippen LogP contribution in [0, 0.1) is 5.92 Å². The fourth-order valence-corrected chi connectivity index (χ4v) is 2.73. The molecule has 2 atom stereocenters. The zero-order chi connectivity index (χ0) is 13.7. The molecule has 1 aliphatic heterocycles. The first-order valence-electron chi connectivity index (χ1n) is 6.90. The van der Waals surface area contributed by atoms with Crippen molar-refractivity contribution >= 4 is 21.8 Å². The molecule has 4 heteroatoms. The molecule has 1 saturated heterocycles. The van der Waals surface area contributed by atoms with Gasteiger partial charge in [0.15, 0.2) is 0 Å². The second-order valence-corrected chi connectivity index (χ2v) is 6.20. The lowest BCUT2D eigenvalue weighted by atomic mass is 9.98. The van der Waals surface area contributed by atoms with E-state index in [-0.39, 0.29) is 17.9 Å². The largest absolute Gasteiger partial charge is 0.353 e. The Morgan fingerprint density at radius 2 is 2.21 bits per heavy atom. The van der Waals surface area contributed by atoms with Crippen molar-refractivity contribution in [3.63, 3.8) is 0 Å². The Hall–Kier alpha value is -0.870. The topological polar surface area (TPSA) is 41.1 Å². The monoisotopic (exact) mass is 324 g/mol. The van der Waals surface area contributed by atoms with Crippen molar-refractivity contribution in [3.8, 4) is 0 Å². The highest BCUT2D eigenvalue weighted by atomic mass is 79.9. The molecule has 1 aromatic rings. The SMILES string of the molecule is CC(Cc1ccc(Br)cc1)NC(=O)C1CCCNC1. The zero-order valence-electron chi connectivity index (χ0n) is 11.3. The minimum Gasteiger partial charge on any atom is -0.353 e. The quantitative estimate of drug-likeness (QED) is 0.893. The van der Waals surface area contributed by atoms with Crippen LogP contribution in [0.2, 0.25) is 0 Å². The van der Waals surface area contributed by atoms with Crippen LogP contribution in [-0.2, 0) is 11.2 Å². The third-order valence-electron chi connectivity index (χ3n) is 3.51. The van der Waals surface area contributed by atoms with Gasteiger partial charge in [-0.1, -0.05) is 28.1 Å². The molecule has 2 unspecified atom stereocenters. The molecule has 0 radical (unpaired) electrons. The number of carbonyl (C=O) groups excluding carboxylic acids is 1. The fourth-order valence-electron chi connectivity index (χ4n) is 2.46. The van der Waals surface area contributed by atoms with E-state index in [4.69, 9.17) is 0 Å². The number of rotatable bonds is 4. The normalized spacial score (nSPS) is 20.8. The van der Waals surface area contributed by atoms with Gasteiger partial charge in [-0.2, -0.15) is 0 Å². The van der Waals surface area contributed by atoms with Gasteiger partial charge in [0.25, 0.3) is 0 Å². The van der Waals surface area contributed by atoms with E-state index in [9.17, 15) is 4.79 Å². The number of hydrogen-bond donors (Lipinski definition) is 2. The lowest BCUT2D eigenvalue weighted by molar-refractivity contribution is -0.126. The summed E-state index contributed by atoms with van der Waals surface area (Å²) in [6.45, 7) is 3.92. The van der Waals surface area contributed by atoms with Gasteiger partial charge in [-0.05, 0) is 50.4 Å². The van der Waals surface area contributed by atoms with Gasteiger partial charge in [0.1, 0.15) is 0 Å². The molecule has 2 N–H and O–H groups in total. The third-order valence-corrected chi connectivity index (χ3v) is 4.04. The van der Waals surface area contributed by atoms with Gasteiger partial charge in [-0.15, -0.1) is 0 Å². The van der Waals surface area contributed by atoms with E-state index in [1.165, 1.54) is 5.56 Å². The standard InChI is InChI=1S/C15H21BrN2O/c1-11(9-12-4-6-14(16)7-5-12)18-15(19)13-3-2-8-17-10-13/h4-7,11,13,17H,2-3,8-10H2,1H3,(H,18,19). The molecule has 0 aliphatic carbocycles. The summed E-state index contributed by atoms with van der Waals surface area (Å²) in [5, 5.41) is 6.40. The summed E-state index contributed by atoms with van der Waals surface area (Å²) in [5.41, 5.74) is 1.25. The van der Waals surface area contributed by atoms with Crippen LogP contribution >= 0.6 is 15.9 Å². The summed E-state index contributed by atoms with van der Waals surface area (Å²) in [5.74, 6) is 0.331. The molecule has 19 heavy (non-hydrogen) atoms. The minimum atomic E-state index is 0.140. The van der Waals surface area contributed by atoms with Crippen molar-refractivity contribution in [1.82, 2.24) is 10.6 Å². The Morgan fingerprint density at radius 1 is 1.47 bits per heavy atom. The van der Waals surface area contributed by atoms with Crippen molar-refractivity contribution in [2.24, 2.45) is 5.92 Å². The molecule has 0 aromatic heterocycles. The number of benzene rings is 1. The number of nitrogens with one attached hydrogen (secondary N) is 2. The smallest absolute Gasteiger partial charge is 0.224 e. The number of piperidine rings is 1. The Bertz CT molecular complexity index is 413. The van der Waals surface area contributed by atoms with Crippen LogP contribution in [0.25, 0.3) is 0 Å².